The number of nitrogens with one attached hydrogen (secondary N) is 1. The predicted molar refractivity (Wildman–Crippen MR) is 164 cm³/mol. The van der Waals surface area contributed by atoms with Gasteiger partial charge in [0.25, 0.3) is 0 Å². The number of nitrogens with zero attached hydrogens (tertiary/aromatic N) is 2. The highest BCUT2D eigenvalue weighted by Gasteiger charge is 2.34. The van der Waals surface area contributed by atoms with Gasteiger partial charge in [0.2, 0.25) is 21.8 Å². The second-order valence-electron chi connectivity index (χ2n) is 9.39. The molecule has 0 heterocycles. The maximum absolute atomic E-state index is 14.2. The summed E-state index contributed by atoms with van der Waals surface area (Å²) in [4.78, 5) is 29.1. The van der Waals surface area contributed by atoms with Gasteiger partial charge in [-0.3, -0.25) is 13.9 Å². The lowest BCUT2D eigenvalue weighted by Crippen LogP contribution is -2.53. The van der Waals surface area contributed by atoms with Crippen LogP contribution >= 0.6 is 23.2 Å². The Morgan fingerprint density at radius 1 is 0.927 bits per heavy atom. The monoisotopic (exact) mass is 619 g/mol. The molecule has 1 atom stereocenters. The van der Waals surface area contributed by atoms with E-state index in [9.17, 15) is 18.0 Å². The van der Waals surface area contributed by atoms with E-state index in [1.807, 2.05) is 37.3 Å². The lowest BCUT2D eigenvalue weighted by Gasteiger charge is -2.34. The molecule has 3 aromatic rings. The molecule has 0 saturated heterocycles. The van der Waals surface area contributed by atoms with E-state index >= 15 is 0 Å². The molecular formula is C30H35Cl2N3O5S. The lowest BCUT2D eigenvalue weighted by atomic mass is 10.0. The normalized spacial score (nSPS) is 11.9. The van der Waals surface area contributed by atoms with E-state index in [2.05, 4.69) is 5.32 Å². The standard InChI is InChI=1S/C30H35Cl2N3O5S/c1-4-18-33-30(37)27(19-22-12-7-6-8-13-22)34(20-23-24(31)14-11-15-25(23)32)29(36)21-35(41(3,38)39)26-16-9-10-17-28(26)40-5-2/h6-17,27H,4-5,18-21H2,1-3H3,(H,33,37)/t27-/m0/s1. The molecule has 8 nitrogen and oxygen atoms in total. The number of carbonyl (C=O) groups excluding carboxylic acids is 2. The van der Waals surface area contributed by atoms with Crippen molar-refractivity contribution in [1.82, 2.24) is 10.2 Å². The predicted octanol–water partition coefficient (Wildman–Crippen LogP) is 5.32. The molecule has 3 rings (SSSR count). The molecule has 2 amide bonds. The van der Waals surface area contributed by atoms with Gasteiger partial charge in [0.05, 0.1) is 18.6 Å². The van der Waals surface area contributed by atoms with Crippen molar-refractivity contribution in [3.8, 4) is 5.75 Å². The first-order chi connectivity index (χ1) is 19.6. The SMILES string of the molecule is CCCNC(=O)[C@H](Cc1ccccc1)N(Cc1c(Cl)cccc1Cl)C(=O)CN(c1ccccc1OCC)S(C)(=O)=O. The van der Waals surface area contributed by atoms with Crippen molar-refractivity contribution in [3.63, 3.8) is 0 Å². The molecule has 0 bridgehead atoms. The van der Waals surface area contributed by atoms with E-state index in [-0.39, 0.29) is 24.6 Å². The first kappa shape index (κ1) is 32.2. The van der Waals surface area contributed by atoms with Crippen LogP contribution in [0.2, 0.25) is 10.0 Å². The van der Waals surface area contributed by atoms with Gasteiger partial charge in [0, 0.05) is 35.1 Å². The van der Waals surface area contributed by atoms with Crippen molar-refractivity contribution >= 4 is 50.7 Å². The highest BCUT2D eigenvalue weighted by Crippen LogP contribution is 2.31. The minimum absolute atomic E-state index is 0.112. The largest absolute Gasteiger partial charge is 0.492 e. The van der Waals surface area contributed by atoms with Crippen LogP contribution in [0.25, 0.3) is 0 Å². The second-order valence-corrected chi connectivity index (χ2v) is 12.1. The zero-order valence-corrected chi connectivity index (χ0v) is 25.7. The molecule has 0 radical (unpaired) electrons. The van der Waals surface area contributed by atoms with E-state index in [1.165, 1.54) is 4.90 Å². The van der Waals surface area contributed by atoms with Gasteiger partial charge in [0.1, 0.15) is 18.3 Å². The topological polar surface area (TPSA) is 96.0 Å². The summed E-state index contributed by atoms with van der Waals surface area (Å²) in [5, 5.41) is 3.54. The van der Waals surface area contributed by atoms with Crippen LogP contribution in [-0.2, 0) is 32.6 Å². The molecule has 0 fully saturated rings. The summed E-state index contributed by atoms with van der Waals surface area (Å²) >= 11 is 13.0. The van der Waals surface area contributed by atoms with Gasteiger partial charge in [-0.1, -0.05) is 78.7 Å². The average Bonchev–Trinajstić information content (AvgIpc) is 2.94. The number of sulfonamides is 1. The molecule has 0 saturated carbocycles. The smallest absolute Gasteiger partial charge is 0.244 e. The van der Waals surface area contributed by atoms with Crippen LogP contribution < -0.4 is 14.4 Å². The third kappa shape index (κ3) is 8.86. The molecule has 41 heavy (non-hydrogen) atoms. The number of amides is 2. The van der Waals surface area contributed by atoms with E-state index in [0.717, 1.165) is 16.1 Å². The molecular weight excluding hydrogens is 585 g/mol. The van der Waals surface area contributed by atoms with Crippen LogP contribution in [0.3, 0.4) is 0 Å². The number of benzene rings is 3. The number of ether oxygens (including phenoxy) is 1. The summed E-state index contributed by atoms with van der Waals surface area (Å²) in [6.07, 6.45) is 1.91. The van der Waals surface area contributed by atoms with E-state index in [0.29, 0.717) is 40.9 Å². The number of anilines is 1. The molecule has 0 aliphatic heterocycles. The average molecular weight is 621 g/mol. The van der Waals surface area contributed by atoms with E-state index in [1.54, 1.807) is 49.4 Å². The van der Waals surface area contributed by atoms with Gasteiger partial charge in [-0.05, 0) is 43.2 Å². The van der Waals surface area contributed by atoms with Crippen LogP contribution in [0.1, 0.15) is 31.4 Å². The van der Waals surface area contributed by atoms with Crippen molar-refractivity contribution in [2.75, 3.05) is 30.3 Å². The summed E-state index contributed by atoms with van der Waals surface area (Å²) in [6.45, 7) is 3.74. The Bertz CT molecular complexity index is 1420. The fourth-order valence-electron chi connectivity index (χ4n) is 4.31. The minimum atomic E-state index is -3.94. The zero-order valence-electron chi connectivity index (χ0n) is 23.3. The number of carbonyl (C=O) groups is 2. The number of para-hydroxylation sites is 2. The minimum Gasteiger partial charge on any atom is -0.492 e. The molecule has 0 spiro atoms. The third-order valence-electron chi connectivity index (χ3n) is 6.32. The number of hydrogen-bond acceptors (Lipinski definition) is 5. The summed E-state index contributed by atoms with van der Waals surface area (Å²) in [5.74, 6) is -0.659. The fourth-order valence-corrected chi connectivity index (χ4v) is 5.68. The summed E-state index contributed by atoms with van der Waals surface area (Å²) in [5.41, 5.74) is 1.50. The van der Waals surface area contributed by atoms with Gasteiger partial charge in [0.15, 0.2) is 0 Å². The number of rotatable bonds is 14. The van der Waals surface area contributed by atoms with Gasteiger partial charge >= 0.3 is 0 Å². The van der Waals surface area contributed by atoms with Crippen LogP contribution in [-0.4, -0.2) is 57.1 Å². The molecule has 1 N–H and O–H groups in total. The Kier molecular flexibility index (Phi) is 11.9. The first-order valence-electron chi connectivity index (χ1n) is 13.3. The zero-order chi connectivity index (χ0) is 30.0. The Morgan fingerprint density at radius 3 is 2.17 bits per heavy atom. The van der Waals surface area contributed by atoms with Gasteiger partial charge in [-0.2, -0.15) is 0 Å². The first-order valence-corrected chi connectivity index (χ1v) is 15.9. The van der Waals surface area contributed by atoms with Crippen molar-refractivity contribution in [3.05, 3.63) is 94.0 Å². The molecule has 220 valence electrons. The Labute approximate surface area is 252 Å². The molecule has 11 heteroatoms. The van der Waals surface area contributed by atoms with Crippen molar-refractivity contribution in [2.45, 2.75) is 39.3 Å². The molecule has 0 aliphatic rings. The summed E-state index contributed by atoms with van der Waals surface area (Å²) in [7, 11) is -3.94. The second kappa shape index (κ2) is 15.1. The Morgan fingerprint density at radius 2 is 1.56 bits per heavy atom. The van der Waals surface area contributed by atoms with Gasteiger partial charge in [-0.25, -0.2) is 8.42 Å². The van der Waals surface area contributed by atoms with Crippen LogP contribution in [0.5, 0.6) is 5.75 Å². The van der Waals surface area contributed by atoms with E-state index < -0.39 is 28.5 Å². The molecule has 0 aliphatic carbocycles. The summed E-state index contributed by atoms with van der Waals surface area (Å²) in [6, 6.07) is 19.9. The molecule has 0 aromatic heterocycles. The Balaban J connectivity index is 2.11. The third-order valence-corrected chi connectivity index (χ3v) is 8.16. The lowest BCUT2D eigenvalue weighted by molar-refractivity contribution is -0.140. The van der Waals surface area contributed by atoms with Crippen molar-refractivity contribution in [1.29, 1.82) is 0 Å². The van der Waals surface area contributed by atoms with Crippen molar-refractivity contribution < 1.29 is 22.7 Å². The highest BCUT2D eigenvalue weighted by atomic mass is 35.5. The van der Waals surface area contributed by atoms with Gasteiger partial charge in [-0.15, -0.1) is 0 Å². The van der Waals surface area contributed by atoms with Gasteiger partial charge < -0.3 is 15.0 Å². The van der Waals surface area contributed by atoms with Crippen LogP contribution in [0, 0.1) is 0 Å². The summed E-state index contributed by atoms with van der Waals surface area (Å²) < 4.78 is 32.7. The number of hydrogen-bond donors (Lipinski definition) is 1. The quantitative estimate of drug-likeness (QED) is 0.263. The fraction of sp³-hybridized carbons (Fsp3) is 0.333. The highest BCUT2D eigenvalue weighted by molar-refractivity contribution is 7.92. The maximum Gasteiger partial charge on any atom is 0.244 e. The van der Waals surface area contributed by atoms with E-state index in [4.69, 9.17) is 27.9 Å². The van der Waals surface area contributed by atoms with Crippen molar-refractivity contribution in [2.24, 2.45) is 0 Å². The Hall–Kier alpha value is -3.27. The maximum atomic E-state index is 14.2. The number of halogens is 2. The molecule has 3 aromatic carbocycles. The van der Waals surface area contributed by atoms with Crippen LogP contribution in [0.4, 0.5) is 5.69 Å². The molecule has 0 unspecified atom stereocenters. The van der Waals surface area contributed by atoms with Crippen LogP contribution in [0.15, 0.2) is 72.8 Å².